The molecular formula is C12H14O3. The monoisotopic (exact) mass is 206 g/mol. The van der Waals surface area contributed by atoms with Crippen LogP contribution in [0.3, 0.4) is 0 Å². The minimum atomic E-state index is 0.224. The van der Waals surface area contributed by atoms with E-state index >= 15 is 0 Å². The van der Waals surface area contributed by atoms with E-state index in [1.54, 1.807) is 12.1 Å². The van der Waals surface area contributed by atoms with Crippen LogP contribution in [0.25, 0.3) is 0 Å². The Labute approximate surface area is 89.0 Å². The number of carbonyl (C=O) groups is 1. The third kappa shape index (κ3) is 3.06. The number of carbonyl (C=O) groups excluding carboxylic acids is 1. The van der Waals surface area contributed by atoms with Crippen LogP contribution < -0.4 is 4.74 Å². The van der Waals surface area contributed by atoms with Gasteiger partial charge in [-0.2, -0.15) is 0 Å². The largest absolute Gasteiger partial charge is 0.467 e. The average Bonchev–Trinajstić information content (AvgIpc) is 3.09. The lowest BCUT2D eigenvalue weighted by atomic mass is 10.2. The number of ether oxygens (including phenoxy) is 2. The smallest absolute Gasteiger partial charge is 0.189 e. The summed E-state index contributed by atoms with van der Waals surface area (Å²) >= 11 is 0. The van der Waals surface area contributed by atoms with Gasteiger partial charge in [-0.05, 0) is 30.9 Å². The van der Waals surface area contributed by atoms with Gasteiger partial charge in [-0.3, -0.25) is 4.79 Å². The first-order valence-electron chi connectivity index (χ1n) is 5.15. The summed E-state index contributed by atoms with van der Waals surface area (Å²) in [6.07, 6.45) is 3.33. The summed E-state index contributed by atoms with van der Waals surface area (Å²) in [7, 11) is 0. The number of para-hydroxylation sites is 1. The molecule has 3 heteroatoms. The van der Waals surface area contributed by atoms with Crippen molar-refractivity contribution in [1.29, 1.82) is 0 Å². The molecule has 2 rings (SSSR count). The number of aldehydes is 1. The maximum Gasteiger partial charge on any atom is 0.189 e. The molecule has 1 saturated carbocycles. The third-order valence-corrected chi connectivity index (χ3v) is 2.39. The molecule has 1 aliphatic rings. The minimum Gasteiger partial charge on any atom is -0.467 e. The Morgan fingerprint density at radius 3 is 2.87 bits per heavy atom. The second-order valence-corrected chi connectivity index (χ2v) is 3.73. The van der Waals surface area contributed by atoms with Crippen LogP contribution in [-0.2, 0) is 4.74 Å². The van der Waals surface area contributed by atoms with Crippen molar-refractivity contribution in [1.82, 2.24) is 0 Å². The highest BCUT2D eigenvalue weighted by Gasteiger charge is 2.21. The van der Waals surface area contributed by atoms with Crippen molar-refractivity contribution in [2.24, 2.45) is 5.92 Å². The summed E-state index contributed by atoms with van der Waals surface area (Å²) in [5, 5.41) is 0. The summed E-state index contributed by atoms with van der Waals surface area (Å²) in [5.74, 6) is 1.32. The summed E-state index contributed by atoms with van der Waals surface area (Å²) in [6.45, 7) is 0.991. The summed E-state index contributed by atoms with van der Waals surface area (Å²) in [5.41, 5.74) is 0.563. The Kier molecular flexibility index (Phi) is 3.35. The second kappa shape index (κ2) is 4.94. The minimum absolute atomic E-state index is 0.224. The van der Waals surface area contributed by atoms with E-state index in [0.29, 0.717) is 11.3 Å². The lowest BCUT2D eigenvalue weighted by Crippen LogP contribution is -2.06. The summed E-state index contributed by atoms with van der Waals surface area (Å²) < 4.78 is 10.7. The third-order valence-electron chi connectivity index (χ3n) is 2.39. The molecule has 1 fully saturated rings. The molecule has 1 aromatic carbocycles. The fraction of sp³-hybridized carbons (Fsp3) is 0.417. The van der Waals surface area contributed by atoms with Crippen molar-refractivity contribution in [3.8, 4) is 5.75 Å². The van der Waals surface area contributed by atoms with Crippen LogP contribution in [0.15, 0.2) is 24.3 Å². The van der Waals surface area contributed by atoms with Gasteiger partial charge in [-0.1, -0.05) is 12.1 Å². The molecule has 0 N–H and O–H groups in total. The topological polar surface area (TPSA) is 35.5 Å². The lowest BCUT2D eigenvalue weighted by molar-refractivity contribution is 0.00970. The lowest BCUT2D eigenvalue weighted by Gasteiger charge is -2.08. The van der Waals surface area contributed by atoms with Gasteiger partial charge in [-0.25, -0.2) is 0 Å². The van der Waals surface area contributed by atoms with Crippen LogP contribution in [0.1, 0.15) is 23.2 Å². The van der Waals surface area contributed by atoms with Gasteiger partial charge in [-0.15, -0.1) is 0 Å². The van der Waals surface area contributed by atoms with Gasteiger partial charge in [0.15, 0.2) is 13.1 Å². The maximum atomic E-state index is 10.7. The zero-order valence-electron chi connectivity index (χ0n) is 8.52. The van der Waals surface area contributed by atoms with E-state index in [4.69, 9.17) is 9.47 Å². The highest BCUT2D eigenvalue weighted by Crippen LogP contribution is 2.28. The zero-order valence-corrected chi connectivity index (χ0v) is 8.52. The molecule has 0 bridgehead atoms. The van der Waals surface area contributed by atoms with Crippen LogP contribution in [0.4, 0.5) is 0 Å². The second-order valence-electron chi connectivity index (χ2n) is 3.73. The highest BCUT2D eigenvalue weighted by atomic mass is 16.7. The highest BCUT2D eigenvalue weighted by molar-refractivity contribution is 5.79. The molecule has 0 saturated heterocycles. The number of hydrogen-bond acceptors (Lipinski definition) is 3. The van der Waals surface area contributed by atoms with Gasteiger partial charge in [0.05, 0.1) is 12.2 Å². The van der Waals surface area contributed by atoms with Crippen LogP contribution in [0.2, 0.25) is 0 Å². The van der Waals surface area contributed by atoms with Crippen molar-refractivity contribution in [2.75, 3.05) is 13.4 Å². The van der Waals surface area contributed by atoms with Gasteiger partial charge >= 0.3 is 0 Å². The molecule has 3 nitrogen and oxygen atoms in total. The molecule has 0 aromatic heterocycles. The van der Waals surface area contributed by atoms with E-state index in [0.717, 1.165) is 18.8 Å². The average molecular weight is 206 g/mol. The van der Waals surface area contributed by atoms with Crippen molar-refractivity contribution < 1.29 is 14.3 Å². The Balaban J connectivity index is 1.78. The van der Waals surface area contributed by atoms with Crippen molar-refractivity contribution in [3.63, 3.8) is 0 Å². The molecule has 0 amide bonds. The molecule has 0 heterocycles. The van der Waals surface area contributed by atoms with Crippen molar-refractivity contribution in [2.45, 2.75) is 12.8 Å². The van der Waals surface area contributed by atoms with E-state index in [-0.39, 0.29) is 6.79 Å². The Bertz CT molecular complexity index is 331. The van der Waals surface area contributed by atoms with Crippen LogP contribution in [0, 0.1) is 5.92 Å². The number of rotatable bonds is 6. The molecule has 15 heavy (non-hydrogen) atoms. The first-order valence-corrected chi connectivity index (χ1v) is 5.15. The summed E-state index contributed by atoms with van der Waals surface area (Å²) in [6, 6.07) is 7.14. The van der Waals surface area contributed by atoms with Gasteiger partial charge in [0.1, 0.15) is 5.75 Å². The molecule has 0 unspecified atom stereocenters. The van der Waals surface area contributed by atoms with Crippen molar-refractivity contribution >= 4 is 6.29 Å². The zero-order chi connectivity index (χ0) is 10.5. The normalized spacial score (nSPS) is 14.9. The predicted octanol–water partition coefficient (Wildman–Crippen LogP) is 2.26. The quantitative estimate of drug-likeness (QED) is 0.407. The van der Waals surface area contributed by atoms with E-state index < -0.39 is 0 Å². The van der Waals surface area contributed by atoms with Crippen molar-refractivity contribution in [3.05, 3.63) is 29.8 Å². The summed E-state index contributed by atoms with van der Waals surface area (Å²) in [4.78, 5) is 10.7. The molecule has 0 spiro atoms. The SMILES string of the molecule is O=Cc1ccccc1OCOCC1CC1. The van der Waals surface area contributed by atoms with Crippen LogP contribution >= 0.6 is 0 Å². The predicted molar refractivity (Wildman–Crippen MR) is 56.0 cm³/mol. The molecular weight excluding hydrogens is 192 g/mol. The van der Waals surface area contributed by atoms with Gasteiger partial charge in [0, 0.05) is 0 Å². The standard InChI is InChI=1S/C12H14O3/c13-7-11-3-1-2-4-12(11)15-9-14-8-10-5-6-10/h1-4,7,10H,5-6,8-9H2. The molecule has 0 atom stereocenters. The van der Waals surface area contributed by atoms with E-state index in [1.807, 2.05) is 12.1 Å². The molecule has 80 valence electrons. The van der Waals surface area contributed by atoms with E-state index in [2.05, 4.69) is 0 Å². The fourth-order valence-electron chi connectivity index (χ4n) is 1.31. The number of hydrogen-bond donors (Lipinski definition) is 0. The Morgan fingerprint density at radius 2 is 2.13 bits per heavy atom. The molecule has 1 aliphatic carbocycles. The maximum absolute atomic E-state index is 10.7. The van der Waals surface area contributed by atoms with Gasteiger partial charge < -0.3 is 9.47 Å². The molecule has 1 aromatic rings. The first kappa shape index (κ1) is 10.2. The Morgan fingerprint density at radius 1 is 1.33 bits per heavy atom. The first-order chi connectivity index (χ1) is 7.40. The Hall–Kier alpha value is -1.35. The van der Waals surface area contributed by atoms with Gasteiger partial charge in [0.2, 0.25) is 0 Å². The van der Waals surface area contributed by atoms with E-state index in [9.17, 15) is 4.79 Å². The van der Waals surface area contributed by atoms with Crippen LogP contribution in [0.5, 0.6) is 5.75 Å². The fourth-order valence-corrected chi connectivity index (χ4v) is 1.31. The molecule has 0 radical (unpaired) electrons. The molecule has 0 aliphatic heterocycles. The van der Waals surface area contributed by atoms with E-state index in [1.165, 1.54) is 12.8 Å². The van der Waals surface area contributed by atoms with Crippen LogP contribution in [-0.4, -0.2) is 19.7 Å². The van der Waals surface area contributed by atoms with Gasteiger partial charge in [0.25, 0.3) is 0 Å². The number of benzene rings is 1.